The van der Waals surface area contributed by atoms with E-state index in [0.717, 1.165) is 12.8 Å². The van der Waals surface area contributed by atoms with Gasteiger partial charge < -0.3 is 10.4 Å². The molecule has 2 N–H and O–H groups in total. The van der Waals surface area contributed by atoms with Gasteiger partial charge in [-0.15, -0.1) is 0 Å². The molecule has 0 aliphatic carbocycles. The third-order valence-corrected chi connectivity index (χ3v) is 2.75. The van der Waals surface area contributed by atoms with Crippen molar-refractivity contribution in [2.75, 3.05) is 6.54 Å². The molecule has 0 unspecified atom stereocenters. The van der Waals surface area contributed by atoms with Crippen LogP contribution in [0.4, 0.5) is 0 Å². The fraction of sp³-hybridized carbons (Fsp3) is 0.200. The predicted octanol–water partition coefficient (Wildman–Crippen LogP) is 2.15. The standard InChI is InChI=1S/C15H16N2O2/c18-13-8-9-14(17-11-13)15(19)16-10-4-7-12-5-2-1-3-6-12/h1-3,5-6,8-9,11,18H,4,7,10H2,(H,16,19). The molecule has 0 radical (unpaired) electrons. The first kappa shape index (κ1) is 13.1. The number of aromatic nitrogens is 1. The van der Waals surface area contributed by atoms with Crippen molar-refractivity contribution in [2.45, 2.75) is 12.8 Å². The first-order valence-corrected chi connectivity index (χ1v) is 6.23. The number of benzene rings is 1. The van der Waals surface area contributed by atoms with Gasteiger partial charge in [0.1, 0.15) is 11.4 Å². The van der Waals surface area contributed by atoms with Crippen molar-refractivity contribution < 1.29 is 9.90 Å². The summed E-state index contributed by atoms with van der Waals surface area (Å²) in [4.78, 5) is 15.6. The maximum atomic E-state index is 11.7. The predicted molar refractivity (Wildman–Crippen MR) is 73.0 cm³/mol. The highest BCUT2D eigenvalue weighted by Crippen LogP contribution is 2.06. The number of hydrogen-bond donors (Lipinski definition) is 2. The maximum absolute atomic E-state index is 11.7. The zero-order valence-corrected chi connectivity index (χ0v) is 10.5. The van der Waals surface area contributed by atoms with E-state index in [4.69, 9.17) is 5.11 Å². The van der Waals surface area contributed by atoms with Gasteiger partial charge in [0.15, 0.2) is 0 Å². The van der Waals surface area contributed by atoms with E-state index in [2.05, 4.69) is 22.4 Å². The number of aromatic hydroxyl groups is 1. The van der Waals surface area contributed by atoms with Crippen LogP contribution in [0.1, 0.15) is 22.5 Å². The highest BCUT2D eigenvalue weighted by molar-refractivity contribution is 5.92. The Morgan fingerprint density at radius 3 is 2.63 bits per heavy atom. The molecule has 1 aromatic heterocycles. The molecule has 0 bridgehead atoms. The Morgan fingerprint density at radius 1 is 1.16 bits per heavy atom. The Morgan fingerprint density at radius 2 is 1.95 bits per heavy atom. The van der Waals surface area contributed by atoms with Gasteiger partial charge in [0.25, 0.3) is 5.91 Å². The molecule has 1 aromatic carbocycles. The Hall–Kier alpha value is -2.36. The molecule has 2 rings (SSSR count). The molecule has 0 spiro atoms. The summed E-state index contributed by atoms with van der Waals surface area (Å²) >= 11 is 0. The molecule has 0 aliphatic rings. The third kappa shape index (κ3) is 4.10. The summed E-state index contributed by atoms with van der Waals surface area (Å²) in [6.45, 7) is 0.607. The van der Waals surface area contributed by atoms with Gasteiger partial charge in [-0.3, -0.25) is 4.79 Å². The molecule has 1 amide bonds. The lowest BCUT2D eigenvalue weighted by atomic mass is 10.1. The number of nitrogens with one attached hydrogen (secondary N) is 1. The molecular weight excluding hydrogens is 240 g/mol. The minimum Gasteiger partial charge on any atom is -0.506 e. The quantitative estimate of drug-likeness (QED) is 0.806. The topological polar surface area (TPSA) is 62.2 Å². The second kappa shape index (κ2) is 6.54. The van der Waals surface area contributed by atoms with E-state index >= 15 is 0 Å². The van der Waals surface area contributed by atoms with E-state index in [1.54, 1.807) is 0 Å². The van der Waals surface area contributed by atoms with Crippen molar-refractivity contribution in [3.8, 4) is 5.75 Å². The first-order chi connectivity index (χ1) is 9.25. The van der Waals surface area contributed by atoms with Gasteiger partial charge in [0, 0.05) is 6.54 Å². The largest absolute Gasteiger partial charge is 0.506 e. The lowest BCUT2D eigenvalue weighted by Crippen LogP contribution is -2.25. The van der Waals surface area contributed by atoms with E-state index in [9.17, 15) is 4.79 Å². The number of amides is 1. The molecule has 0 atom stereocenters. The van der Waals surface area contributed by atoms with Crippen LogP contribution < -0.4 is 5.32 Å². The van der Waals surface area contributed by atoms with Gasteiger partial charge in [-0.2, -0.15) is 0 Å². The Bertz CT molecular complexity index is 524. The van der Waals surface area contributed by atoms with E-state index in [0.29, 0.717) is 12.2 Å². The molecule has 0 saturated carbocycles. The van der Waals surface area contributed by atoms with Crippen LogP contribution >= 0.6 is 0 Å². The summed E-state index contributed by atoms with van der Waals surface area (Å²) < 4.78 is 0. The average molecular weight is 256 g/mol. The third-order valence-electron chi connectivity index (χ3n) is 2.75. The summed E-state index contributed by atoms with van der Waals surface area (Å²) in [7, 11) is 0. The number of carbonyl (C=O) groups excluding carboxylic acids is 1. The number of aryl methyl sites for hydroxylation is 1. The van der Waals surface area contributed by atoms with E-state index in [1.807, 2.05) is 18.2 Å². The van der Waals surface area contributed by atoms with Crippen LogP contribution in [-0.4, -0.2) is 22.5 Å². The molecule has 0 aliphatic heterocycles. The van der Waals surface area contributed by atoms with Crippen molar-refractivity contribution in [3.63, 3.8) is 0 Å². The van der Waals surface area contributed by atoms with Crippen molar-refractivity contribution >= 4 is 5.91 Å². The molecule has 4 heteroatoms. The first-order valence-electron chi connectivity index (χ1n) is 6.23. The second-order valence-corrected chi connectivity index (χ2v) is 4.25. The zero-order chi connectivity index (χ0) is 13.5. The summed E-state index contributed by atoms with van der Waals surface area (Å²) in [5.74, 6) is -0.159. The lowest BCUT2D eigenvalue weighted by molar-refractivity contribution is 0.0948. The average Bonchev–Trinajstić information content (AvgIpc) is 2.45. The normalized spacial score (nSPS) is 10.1. The van der Waals surface area contributed by atoms with Gasteiger partial charge in [-0.1, -0.05) is 30.3 Å². The van der Waals surface area contributed by atoms with Crippen LogP contribution in [0.15, 0.2) is 48.7 Å². The second-order valence-electron chi connectivity index (χ2n) is 4.25. The Labute approximate surface area is 112 Å². The van der Waals surface area contributed by atoms with Crippen molar-refractivity contribution in [3.05, 3.63) is 59.9 Å². The molecule has 0 fully saturated rings. The summed E-state index contributed by atoms with van der Waals surface area (Å²) in [5.41, 5.74) is 1.58. The molecule has 1 heterocycles. The monoisotopic (exact) mass is 256 g/mol. The molecule has 2 aromatic rings. The lowest BCUT2D eigenvalue weighted by Gasteiger charge is -2.05. The molecular formula is C15H16N2O2. The summed E-state index contributed by atoms with van der Waals surface area (Å²) in [6.07, 6.45) is 3.08. The number of pyridine rings is 1. The number of carbonyl (C=O) groups is 1. The molecule has 19 heavy (non-hydrogen) atoms. The fourth-order valence-electron chi connectivity index (χ4n) is 1.75. The van der Waals surface area contributed by atoms with Gasteiger partial charge in [-0.25, -0.2) is 4.98 Å². The maximum Gasteiger partial charge on any atom is 0.269 e. The van der Waals surface area contributed by atoms with Crippen LogP contribution in [-0.2, 0) is 6.42 Å². The summed E-state index contributed by atoms with van der Waals surface area (Å²) in [6, 6.07) is 13.1. The van der Waals surface area contributed by atoms with E-state index in [-0.39, 0.29) is 11.7 Å². The molecule has 0 saturated heterocycles. The van der Waals surface area contributed by atoms with E-state index < -0.39 is 0 Å². The molecule has 4 nitrogen and oxygen atoms in total. The SMILES string of the molecule is O=C(NCCCc1ccccc1)c1ccc(O)cn1. The molecule has 98 valence electrons. The fourth-order valence-corrected chi connectivity index (χ4v) is 1.75. The van der Waals surface area contributed by atoms with Gasteiger partial charge in [-0.05, 0) is 30.5 Å². The van der Waals surface area contributed by atoms with Crippen molar-refractivity contribution in [1.29, 1.82) is 0 Å². The minimum atomic E-state index is -0.215. The van der Waals surface area contributed by atoms with Gasteiger partial charge in [0.05, 0.1) is 6.20 Å². The number of hydrogen-bond acceptors (Lipinski definition) is 3. The summed E-state index contributed by atoms with van der Waals surface area (Å²) in [5, 5.41) is 11.9. The highest BCUT2D eigenvalue weighted by Gasteiger charge is 2.05. The van der Waals surface area contributed by atoms with Crippen LogP contribution in [0.2, 0.25) is 0 Å². The van der Waals surface area contributed by atoms with Crippen LogP contribution in [0.25, 0.3) is 0 Å². The minimum absolute atomic E-state index is 0.0561. The van der Waals surface area contributed by atoms with Gasteiger partial charge in [0.2, 0.25) is 0 Å². The van der Waals surface area contributed by atoms with Crippen molar-refractivity contribution in [1.82, 2.24) is 10.3 Å². The van der Waals surface area contributed by atoms with Crippen LogP contribution in [0, 0.1) is 0 Å². The highest BCUT2D eigenvalue weighted by atomic mass is 16.3. The smallest absolute Gasteiger partial charge is 0.269 e. The van der Waals surface area contributed by atoms with Crippen LogP contribution in [0.3, 0.4) is 0 Å². The Kier molecular flexibility index (Phi) is 4.50. The Balaban J connectivity index is 1.74. The van der Waals surface area contributed by atoms with E-state index in [1.165, 1.54) is 23.9 Å². The number of rotatable bonds is 5. The zero-order valence-electron chi connectivity index (χ0n) is 10.5. The van der Waals surface area contributed by atoms with Crippen molar-refractivity contribution in [2.24, 2.45) is 0 Å². The van der Waals surface area contributed by atoms with Crippen LogP contribution in [0.5, 0.6) is 5.75 Å². The van der Waals surface area contributed by atoms with Gasteiger partial charge >= 0.3 is 0 Å². The number of nitrogens with zero attached hydrogens (tertiary/aromatic N) is 1.